The normalized spacial score (nSPS) is 16.6. The second kappa shape index (κ2) is 44.5. The summed E-state index contributed by atoms with van der Waals surface area (Å²) in [5.41, 5.74) is 22.1. The van der Waals surface area contributed by atoms with Crippen molar-refractivity contribution in [2.24, 2.45) is 5.73 Å². The number of hydrogen-bond donors (Lipinski definition) is 7. The van der Waals surface area contributed by atoms with Crippen molar-refractivity contribution in [3.8, 4) is 0 Å². The number of nitrogens with one attached hydrogen (secondary N) is 5. The number of ether oxygens (including phenoxy) is 3. The minimum absolute atomic E-state index is 0. The number of hydrogen-bond acceptors (Lipinski definition) is 19. The Morgan fingerprint density at radius 2 is 0.689 bits per heavy atom. The third kappa shape index (κ3) is 22.7. The highest BCUT2D eigenvalue weighted by atomic mass is 35.5. The number of furan rings is 3. The van der Waals surface area contributed by atoms with Gasteiger partial charge in [0.2, 0.25) is 0 Å². The van der Waals surface area contributed by atoms with Crippen LogP contribution in [0.3, 0.4) is 0 Å². The van der Waals surface area contributed by atoms with E-state index in [1.165, 1.54) is 57.8 Å². The van der Waals surface area contributed by atoms with E-state index in [2.05, 4.69) is 120 Å². The van der Waals surface area contributed by atoms with E-state index in [1.54, 1.807) is 0 Å². The first-order valence-corrected chi connectivity index (χ1v) is 45.1. The molecule has 8 N–H and O–H groups in total. The molecule has 0 atom stereocenters. The van der Waals surface area contributed by atoms with Crippen molar-refractivity contribution >= 4 is 80.2 Å². The number of nitrogens with zero attached hydrogens (tertiary/aromatic N) is 6. The number of anilines is 3. The molecule has 0 radical (unpaired) electrons. The van der Waals surface area contributed by atoms with Gasteiger partial charge in [0.15, 0.2) is 0 Å². The molecule has 15 rings (SSSR count). The number of likely N-dealkylation sites (tertiary alicyclic amines) is 3. The third-order valence-corrected chi connectivity index (χ3v) is 25.5. The van der Waals surface area contributed by atoms with E-state index >= 15 is 0 Å². The highest BCUT2D eigenvalue weighted by Crippen LogP contribution is 2.41. The Bertz CT molecular complexity index is 4980. The Hall–Kier alpha value is -9.05. The summed E-state index contributed by atoms with van der Waals surface area (Å²) in [6, 6.07) is 19.4. The Kier molecular flexibility index (Phi) is 34.2. The van der Waals surface area contributed by atoms with Crippen LogP contribution in [0.5, 0.6) is 0 Å². The van der Waals surface area contributed by atoms with Crippen LogP contribution in [0.4, 0.5) is 17.1 Å². The van der Waals surface area contributed by atoms with Crippen molar-refractivity contribution < 1.29 is 47.0 Å². The molecule has 664 valence electrons. The molecule has 9 aromatic rings. The van der Waals surface area contributed by atoms with Crippen molar-refractivity contribution in [1.29, 1.82) is 0 Å². The smallest absolute Gasteiger partial charge is 0.336 e. The molecule has 0 bridgehead atoms. The number of carboxylic acid groups (broad SMARTS) is 1. The minimum Gasteiger partial charge on any atom is -0.478 e. The first-order valence-electron chi connectivity index (χ1n) is 45.1. The van der Waals surface area contributed by atoms with E-state index in [0.29, 0.717) is 82.9 Å². The lowest BCUT2D eigenvalue weighted by molar-refractivity contribution is 0.0696. The summed E-state index contributed by atoms with van der Waals surface area (Å²) < 4.78 is 36.0. The molecule has 3 aromatic carbocycles. The van der Waals surface area contributed by atoms with E-state index in [-0.39, 0.29) is 54.0 Å². The molecule has 0 spiro atoms. The van der Waals surface area contributed by atoms with Gasteiger partial charge in [-0.15, -0.1) is 12.4 Å². The Morgan fingerprint density at radius 1 is 0.410 bits per heavy atom. The number of amides is 2. The van der Waals surface area contributed by atoms with Gasteiger partial charge in [-0.3, -0.25) is 38.7 Å². The zero-order chi connectivity index (χ0) is 86.0. The number of piperidine rings is 3. The van der Waals surface area contributed by atoms with Crippen molar-refractivity contribution in [1.82, 2.24) is 40.3 Å². The number of carboxylic acids is 1. The Balaban J connectivity index is 0.000000168. The van der Waals surface area contributed by atoms with Crippen molar-refractivity contribution in [2.75, 3.05) is 113 Å². The number of aromatic amines is 3. The second-order valence-electron chi connectivity index (χ2n) is 33.8. The van der Waals surface area contributed by atoms with Crippen molar-refractivity contribution in [3.05, 3.63) is 187 Å². The zero-order valence-electron chi connectivity index (χ0n) is 74.5. The predicted octanol–water partition coefficient (Wildman–Crippen LogP) is 16.0. The maximum atomic E-state index is 14.0. The van der Waals surface area contributed by atoms with E-state index in [9.17, 15) is 33.9 Å². The third-order valence-electron chi connectivity index (χ3n) is 25.5. The van der Waals surface area contributed by atoms with Crippen LogP contribution in [0.15, 0.2) is 82.2 Å². The van der Waals surface area contributed by atoms with Crippen LogP contribution in [0.1, 0.15) is 253 Å². The quantitative estimate of drug-likeness (QED) is 0.0265. The molecule has 122 heavy (non-hydrogen) atoms. The molecule has 6 aromatic heterocycles. The van der Waals surface area contributed by atoms with Gasteiger partial charge in [0.25, 0.3) is 28.5 Å². The van der Waals surface area contributed by atoms with E-state index in [4.69, 9.17) is 33.2 Å². The lowest BCUT2D eigenvalue weighted by Gasteiger charge is -2.37. The number of H-pyrrole nitrogens is 3. The molecule has 26 heteroatoms. The topological polar surface area (TPSA) is 307 Å². The van der Waals surface area contributed by atoms with E-state index in [0.717, 1.165) is 269 Å². The number of benzene rings is 3. The van der Waals surface area contributed by atoms with E-state index in [1.807, 2.05) is 72.7 Å². The van der Waals surface area contributed by atoms with Crippen molar-refractivity contribution in [3.63, 3.8) is 0 Å². The maximum absolute atomic E-state index is 14.0. The molecule has 0 unspecified atom stereocenters. The lowest BCUT2D eigenvalue weighted by Crippen LogP contribution is -2.40. The fraction of sp³-hybridized carbons (Fsp3) is 0.562. The highest BCUT2D eigenvalue weighted by Gasteiger charge is 2.33. The number of pyridine rings is 3. The number of carbonyl (C=O) groups is 3. The summed E-state index contributed by atoms with van der Waals surface area (Å²) in [5, 5.41) is 18.7. The fourth-order valence-electron chi connectivity index (χ4n) is 19.4. The van der Waals surface area contributed by atoms with Gasteiger partial charge in [0.05, 0.1) is 36.3 Å². The molecule has 0 saturated carbocycles. The molecular formula is C96H135ClN12O13. The molecule has 25 nitrogen and oxygen atoms in total. The average Bonchev–Trinajstić information content (AvgIpc) is 1.71. The summed E-state index contributed by atoms with van der Waals surface area (Å²) in [6.45, 7) is 40.5. The molecular weight excluding hydrogens is 1560 g/mol. The standard InChI is InChI=1S/2C32H44N4O4.C24H34N2O4.C8H12N2O.ClH/c2*1-5-25-28(36(6-2)23-10-14-39-15-11-23)18-29-26(17-24(40-29)20-35-12-8-7-9-13-35)30(25)32(38)33-19-27-21(3)16-22(4)34-31(27)37;1-3-19-21(26(4-2)17-8-12-29-13-9-17)15-22-20(23(19)24(27)28)14-18(30-22)16-25-10-6-5-7-11-25;1-5-3-6(2)10-8(11)7(5)4-9;/h2*16-18,23H,5-15,19-20H2,1-4H3,(H,33,38)(H,34,37);14-15,17H,3-13,16H2,1-2H3,(H,27,28);3H,4,9H2,1-2H3,(H,10,11);1H. The minimum atomic E-state index is -0.868. The number of aromatic nitrogens is 3. The fourth-order valence-corrected chi connectivity index (χ4v) is 19.4. The number of fused-ring (bicyclic) bond motifs is 3. The molecule has 6 saturated heterocycles. The number of rotatable bonds is 26. The van der Waals surface area contributed by atoms with Crippen LogP contribution in [0.2, 0.25) is 0 Å². The molecule has 6 aliphatic rings. The Labute approximate surface area is 725 Å². The predicted molar refractivity (Wildman–Crippen MR) is 489 cm³/mol. The summed E-state index contributed by atoms with van der Waals surface area (Å²) >= 11 is 0. The summed E-state index contributed by atoms with van der Waals surface area (Å²) in [6.07, 6.45) is 19.1. The number of nitrogens with two attached hydrogens (primary N) is 1. The molecule has 6 aliphatic heterocycles. The summed E-state index contributed by atoms with van der Waals surface area (Å²) in [7, 11) is 0. The van der Waals surface area contributed by atoms with Gasteiger partial charge in [-0.05, 0) is 268 Å². The number of halogens is 1. The monoisotopic (exact) mass is 1700 g/mol. The SMILES string of the molecule is CCc1c(N(CC)C2CCOCC2)cc2oc(CN3CCCCC3)cc2c1C(=O)NCc1c(C)cc(C)[nH]c1=O.CCc1c(N(CC)C2CCOCC2)cc2oc(CN3CCCCC3)cc2c1C(=O)NCc1c(C)cc(C)[nH]c1=O.CCc1c(N(CC)C2CCOCC2)cc2oc(CN3CCCCC3)cc2c1C(=O)O.Cc1cc(C)c(CN)c(=O)[nH]1.Cl. The molecule has 2 amide bonds. The number of carbonyl (C=O) groups excluding carboxylic acids is 2. The molecule has 6 fully saturated rings. The van der Waals surface area contributed by atoms with Gasteiger partial charge in [0, 0.05) is 182 Å². The van der Waals surface area contributed by atoms with Crippen LogP contribution in [0.25, 0.3) is 32.9 Å². The maximum Gasteiger partial charge on any atom is 0.336 e. The zero-order valence-corrected chi connectivity index (χ0v) is 75.3. The van der Waals surface area contributed by atoms with Gasteiger partial charge < -0.3 is 78.6 Å². The van der Waals surface area contributed by atoms with Crippen LogP contribution in [0, 0.1) is 41.5 Å². The summed E-state index contributed by atoms with van der Waals surface area (Å²) in [4.78, 5) is 99.8. The second-order valence-corrected chi connectivity index (χ2v) is 33.8. The number of aryl methyl sites for hydroxylation is 6. The first kappa shape index (κ1) is 93.6. The Morgan fingerprint density at radius 3 is 0.951 bits per heavy atom. The van der Waals surface area contributed by atoms with E-state index < -0.39 is 5.97 Å². The van der Waals surface area contributed by atoms with Gasteiger partial charge in [0.1, 0.15) is 34.0 Å². The largest absolute Gasteiger partial charge is 0.478 e. The van der Waals surface area contributed by atoms with Crippen molar-refractivity contribution in [2.45, 2.75) is 256 Å². The van der Waals surface area contributed by atoms with Gasteiger partial charge in [-0.2, -0.15) is 0 Å². The van der Waals surface area contributed by atoms with Crippen LogP contribution >= 0.6 is 12.4 Å². The lowest BCUT2D eigenvalue weighted by atomic mass is 9.95. The highest BCUT2D eigenvalue weighted by molar-refractivity contribution is 6.11. The average molecular weight is 1700 g/mol. The van der Waals surface area contributed by atoms with Gasteiger partial charge in [-0.25, -0.2) is 4.79 Å². The first-order chi connectivity index (χ1) is 58.5. The van der Waals surface area contributed by atoms with Crippen LogP contribution < -0.4 is 47.7 Å². The van der Waals surface area contributed by atoms with Crippen LogP contribution in [-0.4, -0.2) is 169 Å². The molecule has 12 heterocycles. The van der Waals surface area contributed by atoms with Gasteiger partial charge >= 0.3 is 5.97 Å². The van der Waals surface area contributed by atoms with Gasteiger partial charge in [-0.1, -0.05) is 40.0 Å². The molecule has 0 aliphatic carbocycles. The number of aromatic carboxylic acids is 1. The van der Waals surface area contributed by atoms with Crippen LogP contribution in [-0.2, 0) is 72.7 Å². The summed E-state index contributed by atoms with van der Waals surface area (Å²) in [5.74, 6) is 1.44.